The number of fused-ring (bicyclic) bond motifs is 2. The maximum absolute atomic E-state index is 12.1. The van der Waals surface area contributed by atoms with Gasteiger partial charge in [-0.15, -0.1) is 0 Å². The summed E-state index contributed by atoms with van der Waals surface area (Å²) in [6.45, 7) is 3.39. The van der Waals surface area contributed by atoms with Crippen molar-refractivity contribution < 1.29 is 13.9 Å². The number of furan rings is 1. The SMILES string of the molecule is Cc1ncc2c(n1)COC21CN(C(=O)c2ccco2)C1. The molecule has 2 aromatic heterocycles. The predicted octanol–water partition coefficient (Wildman–Crippen LogP) is 1.26. The van der Waals surface area contributed by atoms with E-state index in [1.54, 1.807) is 17.0 Å². The van der Waals surface area contributed by atoms with Crippen LogP contribution in [0.15, 0.2) is 29.0 Å². The Hall–Kier alpha value is -2.21. The number of hydrogen-bond acceptors (Lipinski definition) is 5. The van der Waals surface area contributed by atoms with Crippen molar-refractivity contribution in [1.82, 2.24) is 14.9 Å². The van der Waals surface area contributed by atoms with E-state index in [1.807, 2.05) is 13.1 Å². The molecular formula is C14H13N3O3. The molecular weight excluding hydrogens is 258 g/mol. The van der Waals surface area contributed by atoms with Crippen molar-refractivity contribution in [2.24, 2.45) is 0 Å². The van der Waals surface area contributed by atoms with Crippen LogP contribution in [-0.4, -0.2) is 33.9 Å². The van der Waals surface area contributed by atoms with E-state index < -0.39 is 5.60 Å². The molecule has 1 spiro atoms. The van der Waals surface area contributed by atoms with Crippen molar-refractivity contribution >= 4 is 5.91 Å². The van der Waals surface area contributed by atoms with Gasteiger partial charge >= 0.3 is 0 Å². The molecule has 0 atom stereocenters. The summed E-state index contributed by atoms with van der Waals surface area (Å²) in [5.74, 6) is 0.996. The molecule has 102 valence electrons. The molecule has 4 rings (SSSR count). The predicted molar refractivity (Wildman–Crippen MR) is 67.8 cm³/mol. The molecule has 1 saturated heterocycles. The first kappa shape index (κ1) is 11.6. The van der Waals surface area contributed by atoms with Crippen LogP contribution >= 0.6 is 0 Å². The highest BCUT2D eigenvalue weighted by Gasteiger charge is 2.52. The van der Waals surface area contributed by atoms with Crippen LogP contribution in [0.4, 0.5) is 0 Å². The topological polar surface area (TPSA) is 68.5 Å². The summed E-state index contributed by atoms with van der Waals surface area (Å²) < 4.78 is 11.0. The third-order valence-electron chi connectivity index (χ3n) is 3.88. The summed E-state index contributed by atoms with van der Waals surface area (Å²) in [6, 6.07) is 3.38. The lowest BCUT2D eigenvalue weighted by Gasteiger charge is -2.46. The lowest BCUT2D eigenvalue weighted by Crippen LogP contribution is -2.61. The number of carbonyl (C=O) groups is 1. The van der Waals surface area contributed by atoms with E-state index in [2.05, 4.69) is 9.97 Å². The van der Waals surface area contributed by atoms with E-state index in [0.29, 0.717) is 25.5 Å². The fourth-order valence-electron chi connectivity index (χ4n) is 2.82. The molecule has 0 N–H and O–H groups in total. The zero-order valence-electron chi connectivity index (χ0n) is 11.0. The molecule has 2 aromatic rings. The van der Waals surface area contributed by atoms with Gasteiger partial charge in [0, 0.05) is 11.8 Å². The lowest BCUT2D eigenvalue weighted by molar-refractivity contribution is -0.127. The Morgan fingerprint density at radius 1 is 1.45 bits per heavy atom. The van der Waals surface area contributed by atoms with Crippen molar-refractivity contribution in [2.45, 2.75) is 19.1 Å². The van der Waals surface area contributed by atoms with Crippen LogP contribution in [0.2, 0.25) is 0 Å². The van der Waals surface area contributed by atoms with E-state index in [-0.39, 0.29) is 5.91 Å². The molecule has 0 unspecified atom stereocenters. The van der Waals surface area contributed by atoms with Crippen molar-refractivity contribution in [1.29, 1.82) is 0 Å². The van der Waals surface area contributed by atoms with E-state index in [4.69, 9.17) is 9.15 Å². The van der Waals surface area contributed by atoms with Crippen LogP contribution < -0.4 is 0 Å². The van der Waals surface area contributed by atoms with Gasteiger partial charge in [-0.25, -0.2) is 9.97 Å². The second kappa shape index (κ2) is 3.89. The molecule has 0 bridgehead atoms. The average Bonchev–Trinajstić information content (AvgIpc) is 3.03. The average molecular weight is 271 g/mol. The van der Waals surface area contributed by atoms with E-state index in [1.165, 1.54) is 6.26 Å². The van der Waals surface area contributed by atoms with E-state index >= 15 is 0 Å². The fourth-order valence-corrected chi connectivity index (χ4v) is 2.82. The second-order valence-corrected chi connectivity index (χ2v) is 5.20. The quantitative estimate of drug-likeness (QED) is 0.781. The molecule has 1 amide bonds. The lowest BCUT2D eigenvalue weighted by atomic mass is 9.87. The van der Waals surface area contributed by atoms with Gasteiger partial charge in [-0.3, -0.25) is 4.79 Å². The monoisotopic (exact) mass is 271 g/mol. The number of rotatable bonds is 1. The van der Waals surface area contributed by atoms with Crippen molar-refractivity contribution in [2.75, 3.05) is 13.1 Å². The van der Waals surface area contributed by atoms with Crippen LogP contribution in [0.25, 0.3) is 0 Å². The summed E-state index contributed by atoms with van der Waals surface area (Å²) in [7, 11) is 0. The summed E-state index contributed by atoms with van der Waals surface area (Å²) in [5.41, 5.74) is 1.51. The van der Waals surface area contributed by atoms with Gasteiger partial charge < -0.3 is 14.1 Å². The minimum absolute atomic E-state index is 0.106. The minimum Gasteiger partial charge on any atom is -0.459 e. The summed E-state index contributed by atoms with van der Waals surface area (Å²) in [5, 5.41) is 0. The largest absolute Gasteiger partial charge is 0.459 e. The molecule has 2 aliphatic rings. The Balaban J connectivity index is 1.56. The second-order valence-electron chi connectivity index (χ2n) is 5.20. The Morgan fingerprint density at radius 2 is 2.30 bits per heavy atom. The Labute approximate surface area is 115 Å². The third-order valence-corrected chi connectivity index (χ3v) is 3.88. The summed E-state index contributed by atoms with van der Waals surface area (Å²) in [4.78, 5) is 22.5. The molecule has 1 fully saturated rings. The molecule has 0 saturated carbocycles. The van der Waals surface area contributed by atoms with Gasteiger partial charge in [0.05, 0.1) is 31.7 Å². The number of ether oxygens (including phenoxy) is 1. The Morgan fingerprint density at radius 3 is 3.05 bits per heavy atom. The standard InChI is InChI=1S/C14H13N3O3/c1-9-15-5-10-11(16-9)6-20-14(10)7-17(8-14)13(18)12-3-2-4-19-12/h2-5H,6-8H2,1H3. The van der Waals surface area contributed by atoms with Gasteiger partial charge in [0.2, 0.25) is 0 Å². The van der Waals surface area contributed by atoms with Crippen molar-refractivity contribution in [3.63, 3.8) is 0 Å². The molecule has 2 aliphatic heterocycles. The number of nitrogens with zero attached hydrogens (tertiary/aromatic N) is 3. The maximum atomic E-state index is 12.1. The first-order chi connectivity index (χ1) is 9.68. The number of hydrogen-bond donors (Lipinski definition) is 0. The fraction of sp³-hybridized carbons (Fsp3) is 0.357. The highest BCUT2D eigenvalue weighted by molar-refractivity contribution is 5.92. The zero-order valence-corrected chi connectivity index (χ0v) is 11.0. The normalized spacial score (nSPS) is 18.9. The molecule has 4 heterocycles. The first-order valence-corrected chi connectivity index (χ1v) is 6.48. The van der Waals surface area contributed by atoms with Crippen LogP contribution in [0.1, 0.15) is 27.6 Å². The van der Waals surface area contributed by atoms with Gasteiger partial charge in [0.15, 0.2) is 5.76 Å². The number of aryl methyl sites for hydroxylation is 1. The number of likely N-dealkylation sites (tertiary alicyclic amines) is 1. The number of carbonyl (C=O) groups excluding carboxylic acids is 1. The van der Waals surface area contributed by atoms with E-state index in [9.17, 15) is 4.79 Å². The molecule has 6 nitrogen and oxygen atoms in total. The highest BCUT2D eigenvalue weighted by atomic mass is 16.5. The van der Waals surface area contributed by atoms with Crippen LogP contribution in [0, 0.1) is 6.92 Å². The zero-order chi connectivity index (χ0) is 13.7. The molecule has 0 radical (unpaired) electrons. The number of aromatic nitrogens is 2. The van der Waals surface area contributed by atoms with Gasteiger partial charge in [-0.05, 0) is 19.1 Å². The number of amides is 1. The van der Waals surface area contributed by atoms with Crippen LogP contribution in [-0.2, 0) is 16.9 Å². The van der Waals surface area contributed by atoms with Crippen molar-refractivity contribution in [3.05, 3.63) is 47.4 Å². The smallest absolute Gasteiger partial charge is 0.289 e. The van der Waals surface area contributed by atoms with Crippen LogP contribution in [0.3, 0.4) is 0 Å². The van der Waals surface area contributed by atoms with Gasteiger partial charge in [-0.2, -0.15) is 0 Å². The van der Waals surface area contributed by atoms with Gasteiger partial charge in [0.1, 0.15) is 11.4 Å². The third kappa shape index (κ3) is 1.51. The molecule has 0 aliphatic carbocycles. The molecule has 20 heavy (non-hydrogen) atoms. The van der Waals surface area contributed by atoms with Gasteiger partial charge in [-0.1, -0.05) is 0 Å². The Bertz CT molecular complexity index is 675. The Kier molecular flexibility index (Phi) is 2.26. The summed E-state index contributed by atoms with van der Waals surface area (Å²) in [6.07, 6.45) is 3.32. The first-order valence-electron chi connectivity index (χ1n) is 6.48. The van der Waals surface area contributed by atoms with Crippen LogP contribution in [0.5, 0.6) is 0 Å². The maximum Gasteiger partial charge on any atom is 0.289 e. The molecule has 6 heteroatoms. The minimum atomic E-state index is -0.425. The highest BCUT2D eigenvalue weighted by Crippen LogP contribution is 2.42. The van der Waals surface area contributed by atoms with Gasteiger partial charge in [0.25, 0.3) is 5.91 Å². The summed E-state index contributed by atoms with van der Waals surface area (Å²) >= 11 is 0. The van der Waals surface area contributed by atoms with E-state index in [0.717, 1.165) is 17.1 Å². The molecule has 0 aromatic carbocycles. The van der Waals surface area contributed by atoms with Crippen molar-refractivity contribution in [3.8, 4) is 0 Å².